The van der Waals surface area contributed by atoms with Crippen LogP contribution in [0.5, 0.6) is 0 Å². The van der Waals surface area contributed by atoms with E-state index in [4.69, 9.17) is 14.2 Å². The van der Waals surface area contributed by atoms with Crippen molar-refractivity contribution >= 4 is 29.7 Å². The largest absolute Gasteiger partial charge is 0.479 e. The number of esters is 1. The Morgan fingerprint density at radius 3 is 2.15 bits per heavy atom. The van der Waals surface area contributed by atoms with Gasteiger partial charge in [0, 0.05) is 24.3 Å². The van der Waals surface area contributed by atoms with Crippen molar-refractivity contribution in [2.75, 3.05) is 0 Å². The number of aliphatic carboxylic acids is 3. The van der Waals surface area contributed by atoms with Crippen LogP contribution < -0.4 is 0 Å². The van der Waals surface area contributed by atoms with Gasteiger partial charge in [-0.3, -0.25) is 4.79 Å². The number of rotatable bonds is 16. The van der Waals surface area contributed by atoms with Crippen LogP contribution in [-0.2, 0) is 44.6 Å². The summed E-state index contributed by atoms with van der Waals surface area (Å²) in [6.07, 6.45) is -3.61. The Morgan fingerprint density at radius 2 is 1.61 bits per heavy atom. The molecule has 0 aromatic heterocycles. The molecule has 2 bridgehead atoms. The fourth-order valence-electron chi connectivity index (χ4n) is 6.35. The maximum absolute atomic E-state index is 13.2. The van der Waals surface area contributed by atoms with Crippen molar-refractivity contribution < 1.29 is 63.7 Å². The smallest absolute Gasteiger partial charge is 0.344 e. The molecule has 254 valence electrons. The average Bonchev–Trinajstić information content (AvgIpc) is 3.22. The number of Topliss-reactive ketones (excluding diaryl/α,β-unsaturated/α-hetero) is 1. The molecule has 1 aromatic carbocycles. The molecule has 0 unspecified atom stereocenters. The molecule has 1 aromatic rings. The van der Waals surface area contributed by atoms with Crippen LogP contribution in [0.25, 0.3) is 0 Å². The number of allylic oxidation sites excluding steroid dienone is 1. The normalized spacial score (nSPS) is 31.5. The van der Waals surface area contributed by atoms with Crippen LogP contribution in [0, 0.1) is 23.7 Å². The highest BCUT2D eigenvalue weighted by Gasteiger charge is 2.85. The Balaban J connectivity index is 1.96. The fourth-order valence-corrected chi connectivity index (χ4v) is 6.35. The Hall–Kier alpha value is -3.65. The van der Waals surface area contributed by atoms with E-state index in [-0.39, 0.29) is 18.1 Å². The summed E-state index contributed by atoms with van der Waals surface area (Å²) >= 11 is 0. The molecule has 13 heteroatoms. The molecule has 5 N–H and O–H groups in total. The molecule has 13 nitrogen and oxygen atoms in total. The van der Waals surface area contributed by atoms with E-state index in [2.05, 4.69) is 0 Å². The van der Waals surface area contributed by atoms with Gasteiger partial charge in [0.05, 0.1) is 0 Å². The van der Waals surface area contributed by atoms with E-state index in [1.54, 1.807) is 13.8 Å². The number of hydrogen-bond acceptors (Lipinski definition) is 10. The zero-order chi connectivity index (χ0) is 34.6. The number of benzene rings is 1. The fraction of sp³-hybridized carbons (Fsp3) is 0.606. The van der Waals surface area contributed by atoms with E-state index in [0.29, 0.717) is 18.8 Å². The van der Waals surface area contributed by atoms with Gasteiger partial charge in [-0.05, 0) is 36.7 Å². The van der Waals surface area contributed by atoms with E-state index in [9.17, 15) is 49.5 Å². The van der Waals surface area contributed by atoms with Crippen molar-refractivity contribution in [3.05, 3.63) is 48.0 Å². The van der Waals surface area contributed by atoms with Gasteiger partial charge in [0.15, 0.2) is 6.10 Å². The molecular formula is C33H44O13. The first-order chi connectivity index (χ1) is 21.5. The van der Waals surface area contributed by atoms with Crippen molar-refractivity contribution in [3.63, 3.8) is 0 Å². The maximum atomic E-state index is 13.2. The Morgan fingerprint density at radius 1 is 0.978 bits per heavy atom. The van der Waals surface area contributed by atoms with Crippen molar-refractivity contribution in [3.8, 4) is 0 Å². The zero-order valence-corrected chi connectivity index (χ0v) is 26.6. The lowest BCUT2D eigenvalue weighted by atomic mass is 9.74. The third-order valence-electron chi connectivity index (χ3n) is 9.16. The summed E-state index contributed by atoms with van der Waals surface area (Å²) in [6.45, 7) is 9.18. The minimum Gasteiger partial charge on any atom is -0.479 e. The summed E-state index contributed by atoms with van der Waals surface area (Å²) in [4.78, 5) is 63.8. The number of hydrogen-bond donors (Lipinski definition) is 5. The first-order valence-electron chi connectivity index (χ1n) is 15.4. The van der Waals surface area contributed by atoms with Crippen LogP contribution in [0.1, 0.15) is 65.9 Å². The van der Waals surface area contributed by atoms with E-state index in [0.717, 1.165) is 18.1 Å². The van der Waals surface area contributed by atoms with E-state index < -0.39 is 77.4 Å². The Labute approximate surface area is 267 Å². The molecule has 2 saturated heterocycles. The standard InChI is InChI=1S/C33H44O13/c1-6-18(2)16-19(3)12-13-23(34)44-26-25(36)31(15-14-20(4)24(35)21(5)17-22-10-8-7-9-11-22)45-27(28(37)38)32(43,29(39)40)33(26,46-31)30(41)42/h7-13,18-21,25-27,36,43H,6,14-17H2,1-5H3,(H,37,38)(H,39,40)(H,41,42)/b13-12+/t18-,19+,20-,21+,25+,26+,27+,31-,32+,33-/m0/s1. The Bertz CT molecular complexity index is 1330. The second-order valence-electron chi connectivity index (χ2n) is 12.7. The predicted octanol–water partition coefficient (Wildman–Crippen LogP) is 2.60. The second-order valence-corrected chi connectivity index (χ2v) is 12.7. The molecular weight excluding hydrogens is 604 g/mol. The average molecular weight is 649 g/mol. The summed E-state index contributed by atoms with van der Waals surface area (Å²) < 4.78 is 16.4. The predicted molar refractivity (Wildman–Crippen MR) is 160 cm³/mol. The van der Waals surface area contributed by atoms with Gasteiger partial charge in [0.1, 0.15) is 11.9 Å². The van der Waals surface area contributed by atoms with Crippen LogP contribution >= 0.6 is 0 Å². The van der Waals surface area contributed by atoms with Gasteiger partial charge in [0.25, 0.3) is 0 Å². The third-order valence-corrected chi connectivity index (χ3v) is 9.16. The van der Waals surface area contributed by atoms with E-state index in [1.165, 1.54) is 6.08 Å². The van der Waals surface area contributed by atoms with Crippen LogP contribution in [0.3, 0.4) is 0 Å². The molecule has 2 aliphatic heterocycles. The minimum atomic E-state index is -3.87. The third kappa shape index (κ3) is 6.87. The van der Waals surface area contributed by atoms with Crippen LogP contribution in [0.15, 0.2) is 42.5 Å². The van der Waals surface area contributed by atoms with Crippen molar-refractivity contribution in [1.82, 2.24) is 0 Å². The Kier molecular flexibility index (Phi) is 11.5. The summed E-state index contributed by atoms with van der Waals surface area (Å²) in [7, 11) is 0. The highest BCUT2D eigenvalue weighted by atomic mass is 16.8. The SMILES string of the molecule is CC[C@H](C)C[C@H](C)/C=C/C(=O)O[C@@H]1[C@@H](O)[C@@]2(CC[C@H](C)C(=O)[C@H](C)Cc3ccccc3)O[C@H](C(=O)O)[C@@](O)(C(=O)O)[C@]1(C(=O)O)O2. The second kappa shape index (κ2) is 14.4. The zero-order valence-electron chi connectivity index (χ0n) is 26.6. The van der Waals surface area contributed by atoms with Gasteiger partial charge < -0.3 is 39.7 Å². The number of carbonyl (C=O) groups excluding carboxylic acids is 2. The number of aliphatic hydroxyl groups is 2. The molecule has 0 aliphatic carbocycles. The number of aliphatic hydroxyl groups excluding tert-OH is 1. The van der Waals surface area contributed by atoms with E-state index >= 15 is 0 Å². The van der Waals surface area contributed by atoms with Gasteiger partial charge in [-0.15, -0.1) is 0 Å². The molecule has 0 spiro atoms. The topological polar surface area (TPSA) is 214 Å². The lowest BCUT2D eigenvalue weighted by Gasteiger charge is -2.48. The minimum absolute atomic E-state index is 0.106. The lowest BCUT2D eigenvalue weighted by Crippen LogP contribution is -2.78. The molecule has 10 atom stereocenters. The summed E-state index contributed by atoms with van der Waals surface area (Å²) in [5, 5.41) is 53.1. The van der Waals surface area contributed by atoms with Gasteiger partial charge in [-0.1, -0.05) is 77.4 Å². The molecule has 0 amide bonds. The van der Waals surface area contributed by atoms with Crippen LogP contribution in [-0.4, -0.2) is 90.5 Å². The van der Waals surface area contributed by atoms with Crippen molar-refractivity contribution in [1.29, 1.82) is 0 Å². The number of carboxylic acids is 3. The van der Waals surface area contributed by atoms with Crippen LogP contribution in [0.4, 0.5) is 0 Å². The molecule has 0 saturated carbocycles. The van der Waals surface area contributed by atoms with E-state index in [1.807, 2.05) is 51.1 Å². The summed E-state index contributed by atoms with van der Waals surface area (Å²) in [6, 6.07) is 9.27. The number of carbonyl (C=O) groups is 5. The molecule has 0 radical (unpaired) electrons. The quantitative estimate of drug-likeness (QED) is 0.129. The lowest BCUT2D eigenvalue weighted by molar-refractivity contribution is -0.374. The number of fused-ring (bicyclic) bond motifs is 2. The van der Waals surface area contributed by atoms with Crippen LogP contribution in [0.2, 0.25) is 0 Å². The van der Waals surface area contributed by atoms with Gasteiger partial charge in [0.2, 0.25) is 23.1 Å². The molecule has 2 fully saturated rings. The number of ether oxygens (including phenoxy) is 3. The monoisotopic (exact) mass is 648 g/mol. The summed E-state index contributed by atoms with van der Waals surface area (Å²) in [5.41, 5.74) is -6.45. The molecule has 2 aliphatic rings. The molecule has 46 heavy (non-hydrogen) atoms. The maximum Gasteiger partial charge on any atom is 0.344 e. The summed E-state index contributed by atoms with van der Waals surface area (Å²) in [5.74, 6) is -11.5. The highest BCUT2D eigenvalue weighted by Crippen LogP contribution is 2.55. The van der Waals surface area contributed by atoms with Crippen molar-refractivity contribution in [2.45, 2.75) is 102 Å². The van der Waals surface area contributed by atoms with Crippen molar-refractivity contribution in [2.24, 2.45) is 23.7 Å². The van der Waals surface area contributed by atoms with Gasteiger partial charge in [-0.2, -0.15) is 0 Å². The van der Waals surface area contributed by atoms with Gasteiger partial charge >= 0.3 is 23.9 Å². The molecule has 2 heterocycles. The first kappa shape index (κ1) is 36.8. The number of carboxylic acid groups (broad SMARTS) is 3. The van der Waals surface area contributed by atoms with Gasteiger partial charge in [-0.25, -0.2) is 19.2 Å². The first-order valence-corrected chi connectivity index (χ1v) is 15.4. The number of ketones is 1. The molecule has 3 rings (SSSR count). The highest BCUT2D eigenvalue weighted by molar-refractivity contribution is 5.98.